The topological polar surface area (TPSA) is 51.2 Å². The zero-order valence-electron chi connectivity index (χ0n) is 15.8. The second-order valence-corrected chi connectivity index (χ2v) is 7.01. The van der Waals surface area contributed by atoms with E-state index in [0.717, 1.165) is 36.1 Å². The van der Waals surface area contributed by atoms with Gasteiger partial charge in [0.25, 0.3) is 0 Å². The van der Waals surface area contributed by atoms with Crippen LogP contribution in [0.1, 0.15) is 60.3 Å². The van der Waals surface area contributed by atoms with Crippen molar-refractivity contribution in [2.75, 3.05) is 7.11 Å². The molecule has 0 radical (unpaired) electrons. The highest BCUT2D eigenvalue weighted by Crippen LogP contribution is 2.40. The van der Waals surface area contributed by atoms with Crippen molar-refractivity contribution in [1.29, 1.82) is 0 Å². The Labute approximate surface area is 162 Å². The SMILES string of the molecule is CC[C@H](C(=O)NCc1cc(C2CC2)cnc1OC)c1cccc(C(F)(F)F)c1. The van der Waals surface area contributed by atoms with Crippen LogP contribution in [0.25, 0.3) is 0 Å². The number of amides is 1. The molecule has 1 heterocycles. The maximum Gasteiger partial charge on any atom is 0.416 e. The maximum absolute atomic E-state index is 13.0. The summed E-state index contributed by atoms with van der Waals surface area (Å²) >= 11 is 0. The lowest BCUT2D eigenvalue weighted by molar-refractivity contribution is -0.137. The summed E-state index contributed by atoms with van der Waals surface area (Å²) in [6.45, 7) is 1.99. The minimum absolute atomic E-state index is 0.213. The molecule has 1 aromatic carbocycles. The summed E-state index contributed by atoms with van der Waals surface area (Å²) in [5, 5.41) is 2.83. The normalized spacial score (nSPS) is 15.2. The Morgan fingerprint density at radius 1 is 1.32 bits per heavy atom. The lowest BCUT2D eigenvalue weighted by atomic mass is 9.94. The standard InChI is InChI=1S/C21H23F3N2O2/c1-3-18(14-5-4-6-17(10-14)21(22,23)24)19(27)25-12-16-9-15(13-7-8-13)11-26-20(16)28-2/h4-6,9-11,13,18H,3,7-8,12H2,1-2H3,(H,25,27)/t18-/m0/s1. The Hall–Kier alpha value is -2.57. The lowest BCUT2D eigenvalue weighted by Gasteiger charge is -2.18. The number of pyridine rings is 1. The molecular weight excluding hydrogens is 369 g/mol. The third kappa shape index (κ3) is 4.64. The Morgan fingerprint density at radius 2 is 2.07 bits per heavy atom. The van der Waals surface area contributed by atoms with E-state index in [1.807, 2.05) is 6.07 Å². The molecule has 1 aliphatic rings. The van der Waals surface area contributed by atoms with Crippen LogP contribution in [0.15, 0.2) is 36.5 Å². The van der Waals surface area contributed by atoms with Crippen LogP contribution in [0, 0.1) is 0 Å². The van der Waals surface area contributed by atoms with Crippen LogP contribution in [-0.2, 0) is 17.5 Å². The van der Waals surface area contributed by atoms with Crippen molar-refractivity contribution in [3.63, 3.8) is 0 Å². The van der Waals surface area contributed by atoms with Gasteiger partial charge >= 0.3 is 6.18 Å². The van der Waals surface area contributed by atoms with E-state index in [1.165, 1.54) is 13.2 Å². The van der Waals surface area contributed by atoms with Crippen molar-refractivity contribution in [3.8, 4) is 5.88 Å². The van der Waals surface area contributed by atoms with Gasteiger partial charge < -0.3 is 10.1 Å². The lowest BCUT2D eigenvalue weighted by Crippen LogP contribution is -2.29. The molecule has 0 spiro atoms. The predicted octanol–water partition coefficient (Wildman–Crippen LogP) is 4.80. The molecule has 2 aromatic rings. The molecule has 1 amide bonds. The quantitative estimate of drug-likeness (QED) is 0.737. The van der Waals surface area contributed by atoms with Gasteiger partial charge in [-0.05, 0) is 48.4 Å². The van der Waals surface area contributed by atoms with Crippen LogP contribution in [0.3, 0.4) is 0 Å². The number of nitrogens with one attached hydrogen (secondary N) is 1. The number of benzene rings is 1. The van der Waals surface area contributed by atoms with Gasteiger partial charge in [0, 0.05) is 18.3 Å². The van der Waals surface area contributed by atoms with Crippen LogP contribution >= 0.6 is 0 Å². The summed E-state index contributed by atoms with van der Waals surface area (Å²) in [5.74, 6) is -0.0215. The average molecular weight is 392 g/mol. The van der Waals surface area contributed by atoms with E-state index in [9.17, 15) is 18.0 Å². The van der Waals surface area contributed by atoms with Crippen molar-refractivity contribution >= 4 is 5.91 Å². The molecule has 1 aliphatic carbocycles. The Morgan fingerprint density at radius 3 is 2.68 bits per heavy atom. The molecule has 0 unspecified atom stereocenters. The van der Waals surface area contributed by atoms with Crippen LogP contribution in [0.2, 0.25) is 0 Å². The molecule has 1 atom stereocenters. The predicted molar refractivity (Wildman–Crippen MR) is 99.1 cm³/mol. The Balaban J connectivity index is 1.74. The number of carbonyl (C=O) groups is 1. The third-order valence-electron chi connectivity index (χ3n) is 4.98. The molecule has 1 saturated carbocycles. The summed E-state index contributed by atoms with van der Waals surface area (Å²) in [7, 11) is 1.52. The van der Waals surface area contributed by atoms with E-state index in [1.54, 1.807) is 19.2 Å². The number of aromatic nitrogens is 1. The number of alkyl halides is 3. The molecule has 3 rings (SSSR count). The van der Waals surface area contributed by atoms with Gasteiger partial charge in [0.15, 0.2) is 0 Å². The molecule has 0 bridgehead atoms. The summed E-state index contributed by atoms with van der Waals surface area (Å²) in [4.78, 5) is 17.0. The van der Waals surface area contributed by atoms with Gasteiger partial charge in [0.05, 0.1) is 18.6 Å². The van der Waals surface area contributed by atoms with Crippen molar-refractivity contribution < 1.29 is 22.7 Å². The zero-order chi connectivity index (χ0) is 20.3. The molecule has 1 N–H and O–H groups in total. The van der Waals surface area contributed by atoms with Gasteiger partial charge in [-0.25, -0.2) is 4.98 Å². The van der Waals surface area contributed by atoms with E-state index in [4.69, 9.17) is 4.74 Å². The first-order valence-electron chi connectivity index (χ1n) is 9.31. The minimum Gasteiger partial charge on any atom is -0.481 e. The highest BCUT2D eigenvalue weighted by Gasteiger charge is 2.31. The Kier molecular flexibility index (Phi) is 5.91. The van der Waals surface area contributed by atoms with Gasteiger partial charge in [-0.15, -0.1) is 0 Å². The zero-order valence-corrected chi connectivity index (χ0v) is 15.8. The van der Waals surface area contributed by atoms with Crippen molar-refractivity contribution in [3.05, 3.63) is 58.8 Å². The van der Waals surface area contributed by atoms with Crippen molar-refractivity contribution in [2.45, 2.75) is 50.7 Å². The van der Waals surface area contributed by atoms with Gasteiger partial charge in [-0.2, -0.15) is 13.2 Å². The van der Waals surface area contributed by atoms with Gasteiger partial charge in [0.2, 0.25) is 11.8 Å². The largest absolute Gasteiger partial charge is 0.481 e. The summed E-state index contributed by atoms with van der Waals surface area (Å²) in [6.07, 6.45) is 0.0114. The second kappa shape index (κ2) is 8.20. The van der Waals surface area contributed by atoms with Crippen molar-refractivity contribution in [1.82, 2.24) is 10.3 Å². The maximum atomic E-state index is 13.0. The smallest absolute Gasteiger partial charge is 0.416 e. The van der Waals surface area contributed by atoms with E-state index in [0.29, 0.717) is 23.8 Å². The van der Waals surface area contributed by atoms with Crippen LogP contribution in [-0.4, -0.2) is 18.0 Å². The minimum atomic E-state index is -4.44. The van der Waals surface area contributed by atoms with Gasteiger partial charge in [0.1, 0.15) is 0 Å². The molecule has 1 fully saturated rings. The number of ether oxygens (including phenoxy) is 1. The first-order chi connectivity index (χ1) is 13.3. The van der Waals surface area contributed by atoms with E-state index in [-0.39, 0.29) is 12.5 Å². The Bertz CT molecular complexity index is 848. The number of nitrogens with zero attached hydrogens (tertiary/aromatic N) is 1. The third-order valence-corrected chi connectivity index (χ3v) is 4.98. The van der Waals surface area contributed by atoms with E-state index < -0.39 is 17.7 Å². The number of methoxy groups -OCH3 is 1. The number of carbonyl (C=O) groups excluding carboxylic acids is 1. The van der Waals surface area contributed by atoms with E-state index in [2.05, 4.69) is 10.3 Å². The monoisotopic (exact) mass is 392 g/mol. The van der Waals surface area contributed by atoms with Gasteiger partial charge in [-0.1, -0.05) is 25.1 Å². The second-order valence-electron chi connectivity index (χ2n) is 7.01. The fourth-order valence-electron chi connectivity index (χ4n) is 3.28. The molecular formula is C21H23F3N2O2. The van der Waals surface area contributed by atoms with Crippen LogP contribution in [0.5, 0.6) is 5.88 Å². The molecule has 4 nitrogen and oxygen atoms in total. The molecule has 1 aromatic heterocycles. The van der Waals surface area contributed by atoms with Crippen LogP contribution in [0.4, 0.5) is 13.2 Å². The van der Waals surface area contributed by atoms with Crippen molar-refractivity contribution in [2.24, 2.45) is 0 Å². The highest BCUT2D eigenvalue weighted by atomic mass is 19.4. The molecule has 150 valence electrons. The molecule has 0 aliphatic heterocycles. The number of hydrogen-bond acceptors (Lipinski definition) is 3. The first kappa shape index (κ1) is 20.2. The molecule has 7 heteroatoms. The summed E-state index contributed by atoms with van der Waals surface area (Å²) < 4.78 is 44.2. The fourth-order valence-corrected chi connectivity index (χ4v) is 3.28. The molecule has 28 heavy (non-hydrogen) atoms. The molecule has 0 saturated heterocycles. The van der Waals surface area contributed by atoms with Crippen LogP contribution < -0.4 is 10.1 Å². The summed E-state index contributed by atoms with van der Waals surface area (Å²) in [5.41, 5.74) is 1.49. The number of halogens is 3. The first-order valence-corrected chi connectivity index (χ1v) is 9.31. The number of rotatable bonds is 7. The van der Waals surface area contributed by atoms with E-state index >= 15 is 0 Å². The number of hydrogen-bond donors (Lipinski definition) is 1. The fraction of sp³-hybridized carbons (Fsp3) is 0.429. The summed E-state index contributed by atoms with van der Waals surface area (Å²) in [6, 6.07) is 6.92. The highest BCUT2D eigenvalue weighted by molar-refractivity contribution is 5.83. The average Bonchev–Trinajstić information content (AvgIpc) is 3.51. The van der Waals surface area contributed by atoms with Gasteiger partial charge in [-0.3, -0.25) is 4.79 Å².